The van der Waals surface area contributed by atoms with E-state index < -0.39 is 0 Å². The van der Waals surface area contributed by atoms with Gasteiger partial charge in [0.2, 0.25) is 13.4 Å². The van der Waals surface area contributed by atoms with E-state index in [1.807, 2.05) is 0 Å². The van der Waals surface area contributed by atoms with Gasteiger partial charge >= 0.3 is 0 Å². The van der Waals surface area contributed by atoms with E-state index in [1.165, 1.54) is 149 Å². The minimum absolute atomic E-state index is 0.0236. The number of para-hydroxylation sites is 4. The maximum absolute atomic E-state index is 2.48. The molecule has 16 aromatic rings. The number of anilines is 6. The zero-order valence-electron chi connectivity index (χ0n) is 50.7. The maximum Gasteiger partial charge on any atom is 0.248 e. The maximum atomic E-state index is 2.48. The summed E-state index contributed by atoms with van der Waals surface area (Å²) < 4.78 is 0. The molecular formula is C88H60B2N2. The molecule has 0 amide bonds. The molecule has 0 fully saturated rings. The Balaban J connectivity index is 0.000000143. The third kappa shape index (κ3) is 9.30. The molecular weight excluding hydrogens is 1110 g/mol. The first-order valence-corrected chi connectivity index (χ1v) is 32.0. The molecule has 2 heterocycles. The van der Waals surface area contributed by atoms with Crippen molar-refractivity contribution in [2.75, 3.05) is 9.80 Å². The van der Waals surface area contributed by atoms with Gasteiger partial charge < -0.3 is 9.80 Å². The van der Waals surface area contributed by atoms with Crippen LogP contribution in [0.3, 0.4) is 0 Å². The van der Waals surface area contributed by atoms with Gasteiger partial charge in [0.25, 0.3) is 0 Å². The van der Waals surface area contributed by atoms with Crippen LogP contribution < -0.4 is 42.6 Å². The molecule has 0 spiro atoms. The normalized spacial score (nSPS) is 12.3. The molecule has 0 radical (unpaired) electrons. The second kappa shape index (κ2) is 23.3. The lowest BCUT2D eigenvalue weighted by atomic mass is 9.33. The van der Waals surface area contributed by atoms with Gasteiger partial charge in [0.05, 0.1) is 0 Å². The summed E-state index contributed by atoms with van der Waals surface area (Å²) in [6.07, 6.45) is 0. The Hall–Kier alpha value is -11.7. The monoisotopic (exact) mass is 1170 g/mol. The van der Waals surface area contributed by atoms with E-state index in [-0.39, 0.29) is 13.4 Å². The Labute approximate surface area is 538 Å². The van der Waals surface area contributed by atoms with Crippen molar-refractivity contribution in [3.05, 3.63) is 364 Å². The summed E-state index contributed by atoms with van der Waals surface area (Å²) in [6, 6.07) is 133. The van der Waals surface area contributed by atoms with Gasteiger partial charge in [-0.1, -0.05) is 332 Å². The Morgan fingerprint density at radius 2 is 0.533 bits per heavy atom. The predicted octanol–water partition coefficient (Wildman–Crippen LogP) is 19.3. The zero-order chi connectivity index (χ0) is 60.9. The van der Waals surface area contributed by atoms with Crippen LogP contribution in [0.1, 0.15) is 0 Å². The number of benzene rings is 16. The number of nitrogens with zero attached hydrogens (tertiary/aromatic N) is 2. The standard InChI is InChI=1S/C48H32BN.C40H28BN/c1-3-16-33(17-4-1)36-24-15-25-37(34-18-5-2-6-19-34)48(36)49-44-26-11-13-28-46(44)50(47-29-14-12-27-45(47)49)35-30-31-42-40-22-8-7-20-38(40)39-21-9-10-23-41(39)43(42)32-35;1-4-15-29(16-5-1)33-23-14-24-34(30-17-6-2-7-18-30)39(33)41-36-25-12-13-26-38(36)42(32-20-8-3-9-21-32)40-35-22-11-10-19-31(35)27-28-37(40)41/h1-32H;1-28H. The molecule has 18 rings (SSSR count). The largest absolute Gasteiger partial charge is 0.312 e. The highest BCUT2D eigenvalue weighted by Crippen LogP contribution is 2.44. The summed E-state index contributed by atoms with van der Waals surface area (Å²) in [5.41, 5.74) is 25.1. The van der Waals surface area contributed by atoms with Crippen molar-refractivity contribution >= 4 is 123 Å². The van der Waals surface area contributed by atoms with Crippen LogP contribution in [0.15, 0.2) is 364 Å². The number of fused-ring (bicyclic) bond motifs is 12. The molecule has 2 aliphatic rings. The van der Waals surface area contributed by atoms with Crippen LogP contribution in [-0.4, -0.2) is 13.4 Å². The molecule has 92 heavy (non-hydrogen) atoms. The molecule has 16 aromatic carbocycles. The Kier molecular flexibility index (Phi) is 13.8. The first-order chi connectivity index (χ1) is 45.7. The van der Waals surface area contributed by atoms with E-state index in [9.17, 15) is 0 Å². The van der Waals surface area contributed by atoms with E-state index in [2.05, 4.69) is 374 Å². The van der Waals surface area contributed by atoms with Crippen molar-refractivity contribution < 1.29 is 0 Å². The Morgan fingerprint density at radius 1 is 0.196 bits per heavy atom. The first kappa shape index (κ1) is 54.4. The fraction of sp³-hybridized carbons (Fsp3) is 0. The van der Waals surface area contributed by atoms with Crippen molar-refractivity contribution in [3.8, 4) is 44.5 Å². The van der Waals surface area contributed by atoms with Gasteiger partial charge in [-0.2, -0.15) is 0 Å². The minimum atomic E-state index is 0.0236. The third-order valence-corrected chi connectivity index (χ3v) is 19.1. The number of hydrogen-bond donors (Lipinski definition) is 0. The highest BCUT2D eigenvalue weighted by Gasteiger charge is 2.40. The fourth-order valence-corrected chi connectivity index (χ4v) is 15.2. The van der Waals surface area contributed by atoms with Crippen LogP contribution in [0.2, 0.25) is 0 Å². The van der Waals surface area contributed by atoms with Crippen LogP contribution in [0.4, 0.5) is 34.1 Å². The molecule has 0 aromatic heterocycles. The first-order valence-electron chi connectivity index (χ1n) is 32.0. The molecule has 0 saturated carbocycles. The SMILES string of the molecule is c1ccc(-c2cccc(-c3ccccc3)c2B2c3ccccc3N(c3ccc4c5ccccc5c5ccccc5c4c3)c3ccccc32)cc1.c1ccc(-c2cccc(-c3ccccc3)c2B2c3ccccc3N(c3ccccc3)c3c2ccc2ccccc32)cc1. The van der Waals surface area contributed by atoms with Crippen molar-refractivity contribution in [2.24, 2.45) is 0 Å². The van der Waals surface area contributed by atoms with Gasteiger partial charge in [-0.25, -0.2) is 0 Å². The van der Waals surface area contributed by atoms with E-state index in [0.29, 0.717) is 0 Å². The molecule has 0 atom stereocenters. The van der Waals surface area contributed by atoms with E-state index in [0.717, 1.165) is 5.69 Å². The predicted molar refractivity (Wildman–Crippen MR) is 396 cm³/mol. The topological polar surface area (TPSA) is 6.48 Å². The average Bonchev–Trinajstić information content (AvgIpc) is 0.738. The molecule has 428 valence electrons. The molecule has 0 bridgehead atoms. The summed E-state index contributed by atoms with van der Waals surface area (Å²) in [5.74, 6) is 0. The molecule has 0 saturated heterocycles. The summed E-state index contributed by atoms with van der Waals surface area (Å²) in [4.78, 5) is 4.95. The van der Waals surface area contributed by atoms with Crippen molar-refractivity contribution in [3.63, 3.8) is 0 Å². The molecule has 0 N–H and O–H groups in total. The summed E-state index contributed by atoms with van der Waals surface area (Å²) >= 11 is 0. The lowest BCUT2D eigenvalue weighted by Crippen LogP contribution is -2.58. The van der Waals surface area contributed by atoms with Crippen molar-refractivity contribution in [1.29, 1.82) is 0 Å². The highest BCUT2D eigenvalue weighted by molar-refractivity contribution is 7.00. The van der Waals surface area contributed by atoms with Crippen LogP contribution in [0.5, 0.6) is 0 Å². The summed E-state index contributed by atoms with van der Waals surface area (Å²) in [5, 5.41) is 10.2. The second-order valence-electron chi connectivity index (χ2n) is 24.1. The molecule has 2 aliphatic heterocycles. The van der Waals surface area contributed by atoms with E-state index >= 15 is 0 Å². The lowest BCUT2D eigenvalue weighted by molar-refractivity contribution is 1.30. The summed E-state index contributed by atoms with van der Waals surface area (Å²) in [7, 11) is 0. The van der Waals surface area contributed by atoms with Gasteiger partial charge in [0, 0.05) is 39.5 Å². The number of rotatable bonds is 8. The van der Waals surface area contributed by atoms with E-state index in [1.54, 1.807) is 0 Å². The minimum Gasteiger partial charge on any atom is -0.312 e. The Bertz CT molecular complexity index is 5230. The van der Waals surface area contributed by atoms with Gasteiger partial charge in [-0.3, -0.25) is 0 Å². The Morgan fingerprint density at radius 3 is 0.978 bits per heavy atom. The van der Waals surface area contributed by atoms with Crippen molar-refractivity contribution in [1.82, 2.24) is 0 Å². The average molecular weight is 1170 g/mol. The van der Waals surface area contributed by atoms with Gasteiger partial charge in [-0.05, 0) is 147 Å². The smallest absolute Gasteiger partial charge is 0.248 e. The second-order valence-corrected chi connectivity index (χ2v) is 24.1. The highest BCUT2D eigenvalue weighted by atomic mass is 15.2. The van der Waals surface area contributed by atoms with Crippen LogP contribution in [0, 0.1) is 0 Å². The van der Waals surface area contributed by atoms with Gasteiger partial charge in [0.15, 0.2) is 0 Å². The number of hydrogen-bond acceptors (Lipinski definition) is 2. The zero-order valence-corrected chi connectivity index (χ0v) is 50.7. The van der Waals surface area contributed by atoms with Crippen molar-refractivity contribution in [2.45, 2.75) is 0 Å². The van der Waals surface area contributed by atoms with Crippen LogP contribution in [-0.2, 0) is 0 Å². The van der Waals surface area contributed by atoms with E-state index in [4.69, 9.17) is 0 Å². The molecule has 0 aliphatic carbocycles. The molecule has 4 heteroatoms. The van der Waals surface area contributed by atoms with Crippen LogP contribution >= 0.6 is 0 Å². The van der Waals surface area contributed by atoms with Gasteiger partial charge in [-0.15, -0.1) is 0 Å². The quantitative estimate of drug-likeness (QED) is 0.111. The third-order valence-electron chi connectivity index (χ3n) is 19.1. The van der Waals surface area contributed by atoms with Gasteiger partial charge in [0.1, 0.15) is 0 Å². The van der Waals surface area contributed by atoms with Crippen LogP contribution in [0.25, 0.3) is 87.6 Å². The fourth-order valence-electron chi connectivity index (χ4n) is 15.2. The molecule has 0 unspecified atom stereocenters. The lowest BCUT2D eigenvalue weighted by Gasteiger charge is -2.39. The summed E-state index contributed by atoms with van der Waals surface area (Å²) in [6.45, 7) is 0.0582. The molecule has 2 nitrogen and oxygen atoms in total.